The van der Waals surface area contributed by atoms with Gasteiger partial charge in [0, 0.05) is 12.1 Å². The van der Waals surface area contributed by atoms with Gasteiger partial charge in [-0.3, -0.25) is 10.1 Å². The van der Waals surface area contributed by atoms with Gasteiger partial charge in [-0.15, -0.1) is 0 Å². The molecule has 88 valence electrons. The van der Waals surface area contributed by atoms with Crippen LogP contribution in [0.4, 0.5) is 5.69 Å². The molecule has 4 nitrogen and oxygen atoms in total. The minimum Gasteiger partial charge on any atom is -0.258 e. The molecule has 0 saturated heterocycles. The fourth-order valence-electron chi connectivity index (χ4n) is 0.871. The Labute approximate surface area is 96.7 Å². The number of hydrogen-bond acceptors (Lipinski definition) is 3. The van der Waals surface area contributed by atoms with Crippen LogP contribution in [0.3, 0.4) is 0 Å². The second kappa shape index (κ2) is 11.2. The summed E-state index contributed by atoms with van der Waals surface area (Å²) in [6, 6.07) is 8.00. The van der Waals surface area contributed by atoms with Gasteiger partial charge in [0.25, 0.3) is 5.69 Å². The van der Waals surface area contributed by atoms with Crippen molar-refractivity contribution < 1.29 is 4.92 Å². The summed E-state index contributed by atoms with van der Waals surface area (Å²) in [5.74, 6) is 0. The Kier molecular flexibility index (Phi) is 11.6. The number of benzene rings is 1. The van der Waals surface area contributed by atoms with Crippen LogP contribution in [0.1, 0.15) is 33.3 Å². The third-order valence-electron chi connectivity index (χ3n) is 1.40. The number of nitro groups is 1. The molecule has 0 saturated carbocycles. The van der Waals surface area contributed by atoms with Gasteiger partial charge in [0.2, 0.25) is 0 Å². The van der Waals surface area contributed by atoms with Crippen molar-refractivity contribution in [1.29, 1.82) is 5.26 Å². The number of nitriles is 1. The monoisotopic (exact) mass is 222 g/mol. The fourth-order valence-corrected chi connectivity index (χ4v) is 0.871. The summed E-state index contributed by atoms with van der Waals surface area (Å²) in [5, 5.41) is 18.6. The van der Waals surface area contributed by atoms with Crippen molar-refractivity contribution in [3.05, 3.63) is 39.9 Å². The van der Waals surface area contributed by atoms with Crippen LogP contribution in [0, 0.1) is 21.4 Å². The Morgan fingerprint density at radius 2 is 1.88 bits per heavy atom. The maximum atomic E-state index is 10.3. The highest BCUT2D eigenvalue weighted by molar-refractivity contribution is 5.35. The van der Waals surface area contributed by atoms with Crippen molar-refractivity contribution in [2.24, 2.45) is 0 Å². The quantitative estimate of drug-likeness (QED) is 0.565. The number of nitrogens with zero attached hydrogens (tertiary/aromatic N) is 2. The van der Waals surface area contributed by atoms with Crippen LogP contribution in [0.2, 0.25) is 0 Å². The Morgan fingerprint density at radius 1 is 1.31 bits per heavy atom. The smallest absolute Gasteiger partial charge is 0.258 e. The summed E-state index contributed by atoms with van der Waals surface area (Å²) in [6.45, 7) is 8.00. The van der Waals surface area contributed by atoms with Crippen LogP contribution in [-0.4, -0.2) is 4.92 Å². The highest BCUT2D eigenvalue weighted by atomic mass is 16.6. The number of non-ortho nitro benzene ring substituents is 1. The van der Waals surface area contributed by atoms with Crippen LogP contribution < -0.4 is 0 Å². The van der Waals surface area contributed by atoms with Crippen molar-refractivity contribution in [1.82, 2.24) is 0 Å². The van der Waals surface area contributed by atoms with E-state index in [1.165, 1.54) is 12.1 Å². The predicted octanol–water partition coefficient (Wildman–Crippen LogP) is 3.71. The molecule has 1 aromatic carbocycles. The molecule has 0 spiro atoms. The van der Waals surface area contributed by atoms with Crippen LogP contribution in [0.15, 0.2) is 24.3 Å². The second-order valence-corrected chi connectivity index (χ2v) is 2.26. The Morgan fingerprint density at radius 3 is 2.31 bits per heavy atom. The highest BCUT2D eigenvalue weighted by Gasteiger charge is 2.04. The maximum Gasteiger partial charge on any atom is 0.269 e. The van der Waals surface area contributed by atoms with E-state index < -0.39 is 4.92 Å². The first-order valence-electron chi connectivity index (χ1n) is 5.34. The van der Waals surface area contributed by atoms with E-state index >= 15 is 0 Å². The SMILES string of the molecule is CC.CC.N#CCc1cccc([N+](=O)[O-])c1. The van der Waals surface area contributed by atoms with Gasteiger partial charge >= 0.3 is 0 Å². The van der Waals surface area contributed by atoms with E-state index in [2.05, 4.69) is 0 Å². The molecular weight excluding hydrogens is 204 g/mol. The molecule has 0 amide bonds. The molecule has 16 heavy (non-hydrogen) atoms. The summed E-state index contributed by atoms with van der Waals surface area (Å²) in [4.78, 5) is 9.81. The molecule has 0 N–H and O–H groups in total. The van der Waals surface area contributed by atoms with Gasteiger partial charge in [-0.1, -0.05) is 39.8 Å². The van der Waals surface area contributed by atoms with Gasteiger partial charge in [-0.25, -0.2) is 0 Å². The zero-order valence-corrected chi connectivity index (χ0v) is 10.2. The Bertz CT molecular complexity index is 343. The number of nitro benzene ring substituents is 1. The molecule has 0 aliphatic rings. The van der Waals surface area contributed by atoms with Crippen molar-refractivity contribution >= 4 is 5.69 Å². The van der Waals surface area contributed by atoms with E-state index in [0.717, 1.165) is 0 Å². The molecule has 0 bridgehead atoms. The van der Waals surface area contributed by atoms with Gasteiger partial charge < -0.3 is 0 Å². The summed E-state index contributed by atoms with van der Waals surface area (Å²) in [6.07, 6.45) is 0.210. The molecular formula is C12H18N2O2. The lowest BCUT2D eigenvalue weighted by Crippen LogP contribution is -1.89. The average molecular weight is 222 g/mol. The van der Waals surface area contributed by atoms with Crippen molar-refractivity contribution in [3.8, 4) is 6.07 Å². The minimum atomic E-state index is -0.471. The standard InChI is InChI=1S/C8H6N2O2.2C2H6/c9-5-4-7-2-1-3-8(6-7)10(11)12;2*1-2/h1-3,6H,4H2;2*1-2H3. The largest absolute Gasteiger partial charge is 0.269 e. The lowest BCUT2D eigenvalue weighted by molar-refractivity contribution is -0.384. The zero-order valence-electron chi connectivity index (χ0n) is 10.2. The summed E-state index contributed by atoms with van der Waals surface area (Å²) >= 11 is 0. The molecule has 0 radical (unpaired) electrons. The van der Waals surface area contributed by atoms with Crippen molar-refractivity contribution in [2.45, 2.75) is 34.1 Å². The Hall–Kier alpha value is -1.89. The average Bonchev–Trinajstić information content (AvgIpc) is 2.35. The molecule has 0 unspecified atom stereocenters. The maximum absolute atomic E-state index is 10.3. The van der Waals surface area contributed by atoms with Gasteiger partial charge in [-0.2, -0.15) is 5.26 Å². The van der Waals surface area contributed by atoms with E-state index in [4.69, 9.17) is 5.26 Å². The first kappa shape index (κ1) is 16.5. The van der Waals surface area contributed by atoms with Gasteiger partial charge in [0.1, 0.15) is 0 Å². The number of rotatable bonds is 2. The van der Waals surface area contributed by atoms with Crippen molar-refractivity contribution in [3.63, 3.8) is 0 Å². The Balaban J connectivity index is 0. The van der Waals surface area contributed by atoms with Gasteiger partial charge in [0.05, 0.1) is 17.4 Å². The van der Waals surface area contributed by atoms with Gasteiger partial charge in [0.15, 0.2) is 0 Å². The van der Waals surface area contributed by atoms with E-state index in [9.17, 15) is 10.1 Å². The third-order valence-corrected chi connectivity index (χ3v) is 1.40. The van der Waals surface area contributed by atoms with Crippen LogP contribution in [-0.2, 0) is 6.42 Å². The summed E-state index contributed by atoms with van der Waals surface area (Å²) < 4.78 is 0. The van der Waals surface area contributed by atoms with Crippen LogP contribution in [0.5, 0.6) is 0 Å². The molecule has 0 aromatic heterocycles. The molecule has 0 aliphatic carbocycles. The lowest BCUT2D eigenvalue weighted by atomic mass is 10.1. The van der Waals surface area contributed by atoms with E-state index in [1.807, 2.05) is 33.8 Å². The molecule has 0 atom stereocenters. The summed E-state index contributed by atoms with van der Waals surface area (Å²) in [5.41, 5.74) is 0.703. The van der Waals surface area contributed by atoms with Crippen molar-refractivity contribution in [2.75, 3.05) is 0 Å². The molecule has 1 aromatic rings. The first-order valence-corrected chi connectivity index (χ1v) is 5.34. The first-order chi connectivity index (χ1) is 7.74. The predicted molar refractivity (Wildman–Crippen MR) is 65.1 cm³/mol. The van der Waals surface area contributed by atoms with E-state index in [-0.39, 0.29) is 12.1 Å². The highest BCUT2D eigenvalue weighted by Crippen LogP contribution is 2.12. The third kappa shape index (κ3) is 6.55. The second-order valence-electron chi connectivity index (χ2n) is 2.26. The molecule has 1 rings (SSSR count). The number of hydrogen-bond donors (Lipinski definition) is 0. The van der Waals surface area contributed by atoms with E-state index in [0.29, 0.717) is 5.56 Å². The molecule has 4 heteroatoms. The molecule has 0 heterocycles. The van der Waals surface area contributed by atoms with Crippen LogP contribution >= 0.6 is 0 Å². The lowest BCUT2D eigenvalue weighted by Gasteiger charge is -1.93. The van der Waals surface area contributed by atoms with E-state index in [1.54, 1.807) is 12.1 Å². The minimum absolute atomic E-state index is 0.0303. The zero-order chi connectivity index (χ0) is 13.0. The molecule has 0 aliphatic heterocycles. The fraction of sp³-hybridized carbons (Fsp3) is 0.417. The van der Waals surface area contributed by atoms with Crippen LogP contribution in [0.25, 0.3) is 0 Å². The normalized spacial score (nSPS) is 7.44. The summed E-state index contributed by atoms with van der Waals surface area (Å²) in [7, 11) is 0. The molecule has 0 fully saturated rings. The topological polar surface area (TPSA) is 66.9 Å². The van der Waals surface area contributed by atoms with Gasteiger partial charge in [-0.05, 0) is 5.56 Å².